The molecule has 1 aliphatic carbocycles. The van der Waals surface area contributed by atoms with Crippen LogP contribution in [0.1, 0.15) is 36.5 Å². The van der Waals surface area contributed by atoms with Gasteiger partial charge in [-0.2, -0.15) is 0 Å². The van der Waals surface area contributed by atoms with E-state index in [1.54, 1.807) is 31.4 Å². The van der Waals surface area contributed by atoms with Gasteiger partial charge in [-0.25, -0.2) is 4.79 Å². The second-order valence-electron chi connectivity index (χ2n) is 5.04. The highest BCUT2D eigenvalue weighted by molar-refractivity contribution is 5.95. The number of rotatable bonds is 4. The van der Waals surface area contributed by atoms with Crippen molar-refractivity contribution >= 4 is 17.5 Å². The van der Waals surface area contributed by atoms with E-state index in [4.69, 9.17) is 4.74 Å². The van der Waals surface area contributed by atoms with Crippen LogP contribution in [0.5, 0.6) is 0 Å². The van der Waals surface area contributed by atoms with Crippen molar-refractivity contribution in [1.29, 1.82) is 0 Å². The number of anilines is 1. The van der Waals surface area contributed by atoms with Gasteiger partial charge in [0, 0.05) is 18.4 Å². The number of hydrogen-bond acceptors (Lipinski definition) is 3. The van der Waals surface area contributed by atoms with Crippen LogP contribution in [0.25, 0.3) is 0 Å². The van der Waals surface area contributed by atoms with E-state index in [9.17, 15) is 9.59 Å². The Morgan fingerprint density at radius 2 is 1.90 bits per heavy atom. The third-order valence-electron chi connectivity index (χ3n) is 3.62. The summed E-state index contributed by atoms with van der Waals surface area (Å²) in [6, 6.07) is 6.67. The normalized spacial score (nSPS) is 21.5. The molecular weight excluding hydrogens is 256 g/mol. The molecule has 0 aliphatic heterocycles. The first-order valence-corrected chi connectivity index (χ1v) is 6.81. The van der Waals surface area contributed by atoms with E-state index in [0.717, 1.165) is 19.3 Å². The van der Waals surface area contributed by atoms with E-state index in [1.165, 1.54) is 6.92 Å². The van der Waals surface area contributed by atoms with Gasteiger partial charge >= 0.3 is 6.03 Å². The van der Waals surface area contributed by atoms with Crippen LogP contribution in [0, 0.1) is 0 Å². The molecule has 0 radical (unpaired) electrons. The van der Waals surface area contributed by atoms with Crippen LogP contribution < -0.4 is 10.6 Å². The molecular formula is C15H20N2O3. The average Bonchev–Trinajstić information content (AvgIpc) is 2.86. The van der Waals surface area contributed by atoms with Crippen molar-refractivity contribution in [3.8, 4) is 0 Å². The SMILES string of the molecule is COC1CCCC1NC(=O)Nc1ccc(C(C)=O)cc1. The summed E-state index contributed by atoms with van der Waals surface area (Å²) in [5.41, 5.74) is 1.30. The standard InChI is InChI=1S/C15H20N2O3/c1-10(18)11-6-8-12(9-7-11)16-15(19)17-13-4-3-5-14(13)20-2/h6-9,13-14H,3-5H2,1-2H3,(H2,16,17,19). The molecule has 0 heterocycles. The zero-order chi connectivity index (χ0) is 14.5. The number of ether oxygens (including phenoxy) is 1. The molecule has 108 valence electrons. The number of carbonyl (C=O) groups is 2. The molecule has 5 nitrogen and oxygen atoms in total. The summed E-state index contributed by atoms with van der Waals surface area (Å²) in [7, 11) is 1.67. The van der Waals surface area contributed by atoms with Gasteiger partial charge in [0.1, 0.15) is 0 Å². The Morgan fingerprint density at radius 1 is 1.20 bits per heavy atom. The lowest BCUT2D eigenvalue weighted by Gasteiger charge is -2.19. The molecule has 1 fully saturated rings. The van der Waals surface area contributed by atoms with Gasteiger partial charge in [0.05, 0.1) is 12.1 Å². The molecule has 1 aromatic rings. The second kappa shape index (κ2) is 6.52. The lowest BCUT2D eigenvalue weighted by molar-refractivity contribution is 0.0882. The molecule has 0 bridgehead atoms. The largest absolute Gasteiger partial charge is 0.379 e. The van der Waals surface area contributed by atoms with Crippen LogP contribution in [0.4, 0.5) is 10.5 Å². The third kappa shape index (κ3) is 3.57. The van der Waals surface area contributed by atoms with Gasteiger partial charge in [-0.15, -0.1) is 0 Å². The molecule has 1 saturated carbocycles. The Labute approximate surface area is 118 Å². The molecule has 1 aliphatic rings. The average molecular weight is 276 g/mol. The number of Topliss-reactive ketones (excluding diaryl/α,β-unsaturated/α-hetero) is 1. The van der Waals surface area contributed by atoms with Gasteiger partial charge in [0.15, 0.2) is 5.78 Å². The lowest BCUT2D eigenvalue weighted by Crippen LogP contribution is -2.42. The number of carbonyl (C=O) groups excluding carboxylic acids is 2. The van der Waals surface area contributed by atoms with Crippen LogP contribution in [0.3, 0.4) is 0 Å². The van der Waals surface area contributed by atoms with Crippen LogP contribution in [0.2, 0.25) is 0 Å². The predicted molar refractivity (Wildman–Crippen MR) is 77.0 cm³/mol. The number of ketones is 1. The summed E-state index contributed by atoms with van der Waals surface area (Å²) < 4.78 is 5.34. The van der Waals surface area contributed by atoms with E-state index in [1.807, 2.05) is 0 Å². The van der Waals surface area contributed by atoms with Gasteiger partial charge in [0.2, 0.25) is 0 Å². The molecule has 2 atom stereocenters. The fraction of sp³-hybridized carbons (Fsp3) is 0.467. The summed E-state index contributed by atoms with van der Waals surface area (Å²) in [5, 5.41) is 5.69. The quantitative estimate of drug-likeness (QED) is 0.831. The van der Waals surface area contributed by atoms with Crippen LogP contribution in [-0.4, -0.2) is 31.1 Å². The molecule has 1 aromatic carbocycles. The van der Waals surface area contributed by atoms with Crippen molar-refractivity contribution < 1.29 is 14.3 Å². The minimum absolute atomic E-state index is 0.00916. The van der Waals surface area contributed by atoms with E-state index in [-0.39, 0.29) is 24.0 Å². The molecule has 2 amide bonds. The van der Waals surface area contributed by atoms with E-state index < -0.39 is 0 Å². The summed E-state index contributed by atoms with van der Waals surface area (Å²) in [5.74, 6) is 0.00916. The Hall–Kier alpha value is -1.88. The van der Waals surface area contributed by atoms with Gasteiger partial charge in [0.25, 0.3) is 0 Å². The molecule has 2 unspecified atom stereocenters. The highest BCUT2D eigenvalue weighted by Gasteiger charge is 2.28. The molecule has 0 spiro atoms. The Bertz CT molecular complexity index is 484. The number of hydrogen-bond donors (Lipinski definition) is 2. The van der Waals surface area contributed by atoms with Gasteiger partial charge < -0.3 is 15.4 Å². The number of benzene rings is 1. The predicted octanol–water partition coefficient (Wildman–Crippen LogP) is 2.58. The second-order valence-corrected chi connectivity index (χ2v) is 5.04. The zero-order valence-electron chi connectivity index (χ0n) is 11.8. The number of amides is 2. The summed E-state index contributed by atoms with van der Waals surface area (Å²) in [6.45, 7) is 1.51. The Kier molecular flexibility index (Phi) is 4.74. The lowest BCUT2D eigenvalue weighted by atomic mass is 10.1. The molecule has 2 rings (SSSR count). The monoisotopic (exact) mass is 276 g/mol. The number of nitrogens with one attached hydrogen (secondary N) is 2. The first-order chi connectivity index (χ1) is 9.60. The van der Waals surface area contributed by atoms with E-state index >= 15 is 0 Å². The van der Waals surface area contributed by atoms with E-state index in [2.05, 4.69) is 10.6 Å². The highest BCUT2D eigenvalue weighted by atomic mass is 16.5. The summed E-state index contributed by atoms with van der Waals surface area (Å²) >= 11 is 0. The first-order valence-electron chi connectivity index (χ1n) is 6.81. The first kappa shape index (κ1) is 14.5. The summed E-state index contributed by atoms with van der Waals surface area (Å²) in [4.78, 5) is 23.1. The molecule has 0 aromatic heterocycles. The van der Waals surface area contributed by atoms with Crippen molar-refractivity contribution in [2.24, 2.45) is 0 Å². The maximum Gasteiger partial charge on any atom is 0.319 e. The van der Waals surface area contributed by atoms with Gasteiger partial charge in [-0.05, 0) is 50.5 Å². The van der Waals surface area contributed by atoms with E-state index in [0.29, 0.717) is 11.3 Å². The number of methoxy groups -OCH3 is 1. The van der Waals surface area contributed by atoms with Crippen LogP contribution in [-0.2, 0) is 4.74 Å². The third-order valence-corrected chi connectivity index (χ3v) is 3.62. The molecule has 20 heavy (non-hydrogen) atoms. The van der Waals surface area contributed by atoms with Crippen molar-refractivity contribution in [3.63, 3.8) is 0 Å². The maximum atomic E-state index is 11.9. The maximum absolute atomic E-state index is 11.9. The molecule has 0 saturated heterocycles. The van der Waals surface area contributed by atoms with Crippen molar-refractivity contribution in [2.75, 3.05) is 12.4 Å². The number of urea groups is 1. The zero-order valence-corrected chi connectivity index (χ0v) is 11.8. The van der Waals surface area contributed by atoms with Crippen LogP contribution >= 0.6 is 0 Å². The highest BCUT2D eigenvalue weighted by Crippen LogP contribution is 2.21. The molecule has 2 N–H and O–H groups in total. The smallest absolute Gasteiger partial charge is 0.319 e. The van der Waals surface area contributed by atoms with Gasteiger partial charge in [-0.3, -0.25) is 4.79 Å². The van der Waals surface area contributed by atoms with Crippen molar-refractivity contribution in [3.05, 3.63) is 29.8 Å². The summed E-state index contributed by atoms with van der Waals surface area (Å²) in [6.07, 6.45) is 3.08. The molecule has 5 heteroatoms. The minimum Gasteiger partial charge on any atom is -0.379 e. The fourth-order valence-corrected chi connectivity index (χ4v) is 2.50. The van der Waals surface area contributed by atoms with Crippen LogP contribution in [0.15, 0.2) is 24.3 Å². The van der Waals surface area contributed by atoms with Crippen molar-refractivity contribution in [1.82, 2.24) is 5.32 Å². The fourth-order valence-electron chi connectivity index (χ4n) is 2.50. The van der Waals surface area contributed by atoms with Crippen molar-refractivity contribution in [2.45, 2.75) is 38.3 Å². The Morgan fingerprint density at radius 3 is 2.50 bits per heavy atom. The topological polar surface area (TPSA) is 67.4 Å². The van der Waals surface area contributed by atoms with Gasteiger partial charge in [-0.1, -0.05) is 0 Å². The minimum atomic E-state index is -0.241. The Balaban J connectivity index is 1.89.